The number of carboxylic acids is 1. The normalized spacial score (nSPS) is 18.9. The molecule has 2 N–H and O–H groups in total. The number of nitrogens with zero attached hydrogens (tertiary/aromatic N) is 2. The smallest absolute Gasteiger partial charge is 0.326 e. The van der Waals surface area contributed by atoms with Crippen molar-refractivity contribution in [3.63, 3.8) is 0 Å². The Bertz CT molecular complexity index is 707. The molecule has 0 bridgehead atoms. The van der Waals surface area contributed by atoms with Gasteiger partial charge >= 0.3 is 5.97 Å². The summed E-state index contributed by atoms with van der Waals surface area (Å²) in [4.78, 5) is 32.8. The van der Waals surface area contributed by atoms with E-state index >= 15 is 0 Å². The molecule has 0 unspecified atom stereocenters. The summed E-state index contributed by atoms with van der Waals surface area (Å²) in [7, 11) is 0. The Morgan fingerprint density at radius 1 is 1.38 bits per heavy atom. The highest BCUT2D eigenvalue weighted by atomic mass is 16.4. The number of aryl methyl sites for hydroxylation is 1. The minimum absolute atomic E-state index is 0.226. The number of aliphatic carboxylic acids is 1. The summed E-state index contributed by atoms with van der Waals surface area (Å²) in [6.07, 6.45) is 2.22. The number of piperidine rings is 1. The van der Waals surface area contributed by atoms with Crippen LogP contribution in [0.2, 0.25) is 0 Å². The summed E-state index contributed by atoms with van der Waals surface area (Å²) in [5, 5.41) is 9.27. The number of hydrogen-bond donors (Lipinski definition) is 2. The van der Waals surface area contributed by atoms with Crippen molar-refractivity contribution in [3.05, 3.63) is 29.6 Å². The van der Waals surface area contributed by atoms with E-state index in [0.717, 1.165) is 29.7 Å². The maximum absolute atomic E-state index is 12.6. The molecule has 0 saturated carbocycles. The Balaban J connectivity index is 1.92. The fraction of sp³-hybridized carbons (Fsp3) is 0.400. The quantitative estimate of drug-likeness (QED) is 0.884. The number of benzene rings is 1. The molecule has 2 heterocycles. The number of likely N-dealkylation sites (tertiary alicyclic amines) is 1. The molecule has 6 heteroatoms. The maximum atomic E-state index is 12.6. The number of carbonyl (C=O) groups is 2. The van der Waals surface area contributed by atoms with Crippen molar-refractivity contribution in [3.8, 4) is 0 Å². The highest BCUT2D eigenvalue weighted by Gasteiger charge is 2.32. The van der Waals surface area contributed by atoms with Gasteiger partial charge in [0.1, 0.15) is 11.9 Å². The zero-order valence-electron chi connectivity index (χ0n) is 11.8. The zero-order valence-corrected chi connectivity index (χ0v) is 11.8. The van der Waals surface area contributed by atoms with Gasteiger partial charge in [0.05, 0.1) is 11.0 Å². The van der Waals surface area contributed by atoms with E-state index in [-0.39, 0.29) is 5.91 Å². The monoisotopic (exact) mass is 287 g/mol. The van der Waals surface area contributed by atoms with Crippen LogP contribution in [0, 0.1) is 6.92 Å². The standard InChI is InChI=1S/C15H17N3O3/c1-9-16-11-6-5-10(8-12(11)17-9)14(19)18-7-3-2-4-13(18)15(20)21/h5-6,8,13H,2-4,7H2,1H3,(H,16,17)(H,20,21)/t13-/m1/s1. The summed E-state index contributed by atoms with van der Waals surface area (Å²) in [6, 6.07) is 4.51. The van der Waals surface area contributed by atoms with Crippen LogP contribution >= 0.6 is 0 Å². The van der Waals surface area contributed by atoms with Crippen molar-refractivity contribution in [2.45, 2.75) is 32.2 Å². The van der Waals surface area contributed by atoms with Crippen LogP contribution in [-0.4, -0.2) is 44.4 Å². The van der Waals surface area contributed by atoms with Gasteiger partial charge in [-0.05, 0) is 44.4 Å². The lowest BCUT2D eigenvalue weighted by atomic mass is 10.0. The highest BCUT2D eigenvalue weighted by molar-refractivity contribution is 5.99. The number of carbonyl (C=O) groups excluding carboxylic acids is 1. The molecule has 110 valence electrons. The lowest BCUT2D eigenvalue weighted by Crippen LogP contribution is -2.47. The van der Waals surface area contributed by atoms with E-state index in [1.54, 1.807) is 18.2 Å². The highest BCUT2D eigenvalue weighted by Crippen LogP contribution is 2.21. The third-order valence-electron chi connectivity index (χ3n) is 3.90. The average molecular weight is 287 g/mol. The third kappa shape index (κ3) is 2.49. The number of aromatic amines is 1. The molecule has 6 nitrogen and oxygen atoms in total. The Morgan fingerprint density at radius 2 is 2.19 bits per heavy atom. The van der Waals surface area contributed by atoms with Gasteiger partial charge in [0.2, 0.25) is 0 Å². The molecule has 0 aliphatic carbocycles. The van der Waals surface area contributed by atoms with Crippen molar-refractivity contribution < 1.29 is 14.7 Å². The van der Waals surface area contributed by atoms with Crippen molar-refractivity contribution in [1.82, 2.24) is 14.9 Å². The van der Waals surface area contributed by atoms with E-state index in [4.69, 9.17) is 0 Å². The van der Waals surface area contributed by atoms with E-state index < -0.39 is 12.0 Å². The molecular weight excluding hydrogens is 270 g/mol. The second-order valence-corrected chi connectivity index (χ2v) is 5.40. The fourth-order valence-electron chi connectivity index (χ4n) is 2.87. The molecule has 1 saturated heterocycles. The fourth-order valence-corrected chi connectivity index (χ4v) is 2.87. The first-order valence-electron chi connectivity index (χ1n) is 7.06. The number of hydrogen-bond acceptors (Lipinski definition) is 3. The van der Waals surface area contributed by atoms with Gasteiger partial charge < -0.3 is 15.0 Å². The van der Waals surface area contributed by atoms with E-state index in [1.807, 2.05) is 6.92 Å². The van der Waals surface area contributed by atoms with Crippen LogP contribution in [0.25, 0.3) is 11.0 Å². The van der Waals surface area contributed by atoms with Gasteiger partial charge in [0, 0.05) is 12.1 Å². The second-order valence-electron chi connectivity index (χ2n) is 5.40. The Morgan fingerprint density at radius 3 is 2.95 bits per heavy atom. The average Bonchev–Trinajstić information content (AvgIpc) is 2.85. The van der Waals surface area contributed by atoms with Crippen molar-refractivity contribution in [1.29, 1.82) is 0 Å². The molecule has 2 aromatic rings. The molecule has 1 amide bonds. The number of imidazole rings is 1. The first kappa shape index (κ1) is 13.6. The third-order valence-corrected chi connectivity index (χ3v) is 3.90. The summed E-state index contributed by atoms with van der Waals surface area (Å²) < 4.78 is 0. The van der Waals surface area contributed by atoms with Crippen molar-refractivity contribution >= 4 is 22.9 Å². The van der Waals surface area contributed by atoms with Gasteiger partial charge in [-0.15, -0.1) is 0 Å². The van der Waals surface area contributed by atoms with Crippen LogP contribution in [-0.2, 0) is 4.79 Å². The summed E-state index contributed by atoms with van der Waals surface area (Å²) in [5.74, 6) is -0.367. The van der Waals surface area contributed by atoms with Crippen LogP contribution in [0.3, 0.4) is 0 Å². The molecule has 0 radical (unpaired) electrons. The van der Waals surface area contributed by atoms with Gasteiger partial charge in [0.15, 0.2) is 0 Å². The van der Waals surface area contributed by atoms with Crippen LogP contribution < -0.4 is 0 Å². The molecule has 0 spiro atoms. The zero-order chi connectivity index (χ0) is 15.0. The second kappa shape index (κ2) is 5.20. The number of nitrogens with one attached hydrogen (secondary N) is 1. The van der Waals surface area contributed by atoms with E-state index in [1.165, 1.54) is 4.90 Å². The Hall–Kier alpha value is -2.37. The predicted molar refractivity (Wildman–Crippen MR) is 77.1 cm³/mol. The van der Waals surface area contributed by atoms with Crippen LogP contribution in [0.1, 0.15) is 35.4 Å². The maximum Gasteiger partial charge on any atom is 0.326 e. The largest absolute Gasteiger partial charge is 0.480 e. The molecule has 1 aromatic heterocycles. The molecule has 1 aliphatic rings. The van der Waals surface area contributed by atoms with E-state index in [2.05, 4.69) is 9.97 Å². The predicted octanol–water partition coefficient (Wildman–Crippen LogP) is 1.95. The summed E-state index contributed by atoms with van der Waals surface area (Å²) in [6.45, 7) is 2.35. The van der Waals surface area contributed by atoms with E-state index in [0.29, 0.717) is 18.5 Å². The van der Waals surface area contributed by atoms with Crippen LogP contribution in [0.5, 0.6) is 0 Å². The Labute approximate surface area is 121 Å². The number of carboxylic acid groups (broad SMARTS) is 1. The molecule has 1 fully saturated rings. The first-order chi connectivity index (χ1) is 10.1. The summed E-state index contributed by atoms with van der Waals surface area (Å²) >= 11 is 0. The van der Waals surface area contributed by atoms with Crippen LogP contribution in [0.4, 0.5) is 0 Å². The van der Waals surface area contributed by atoms with Gasteiger partial charge in [-0.1, -0.05) is 0 Å². The SMILES string of the molecule is Cc1nc2ccc(C(=O)N3CCCC[C@@H]3C(=O)O)cc2[nH]1. The van der Waals surface area contributed by atoms with Gasteiger partial charge in [-0.2, -0.15) is 0 Å². The number of fused-ring (bicyclic) bond motifs is 1. The first-order valence-corrected chi connectivity index (χ1v) is 7.06. The molecule has 21 heavy (non-hydrogen) atoms. The van der Waals surface area contributed by atoms with Crippen LogP contribution in [0.15, 0.2) is 18.2 Å². The number of amides is 1. The summed E-state index contributed by atoms with van der Waals surface area (Å²) in [5.41, 5.74) is 2.10. The number of aromatic nitrogens is 2. The minimum Gasteiger partial charge on any atom is -0.480 e. The van der Waals surface area contributed by atoms with Gasteiger partial charge in [-0.25, -0.2) is 9.78 Å². The van der Waals surface area contributed by atoms with E-state index in [9.17, 15) is 14.7 Å². The topological polar surface area (TPSA) is 86.3 Å². The lowest BCUT2D eigenvalue weighted by Gasteiger charge is -2.33. The van der Waals surface area contributed by atoms with Gasteiger partial charge in [-0.3, -0.25) is 4.79 Å². The Kier molecular flexibility index (Phi) is 3.37. The molecule has 1 aromatic carbocycles. The number of H-pyrrole nitrogens is 1. The molecular formula is C15H17N3O3. The molecule has 1 atom stereocenters. The molecule has 3 rings (SSSR count). The lowest BCUT2D eigenvalue weighted by molar-refractivity contribution is -0.143. The van der Waals surface area contributed by atoms with Crippen molar-refractivity contribution in [2.75, 3.05) is 6.54 Å². The van der Waals surface area contributed by atoms with Crippen molar-refractivity contribution in [2.24, 2.45) is 0 Å². The molecule has 1 aliphatic heterocycles. The number of rotatable bonds is 2. The van der Waals surface area contributed by atoms with Gasteiger partial charge in [0.25, 0.3) is 5.91 Å². The minimum atomic E-state index is -0.929.